The Hall–Kier alpha value is -3.91. The van der Waals surface area contributed by atoms with Gasteiger partial charge in [0.2, 0.25) is 5.95 Å². The second kappa shape index (κ2) is 12.7. The van der Waals surface area contributed by atoms with Crippen molar-refractivity contribution in [2.75, 3.05) is 37.7 Å². The Balaban J connectivity index is 0.000000493. The summed E-state index contributed by atoms with van der Waals surface area (Å²) < 4.78 is 41.9. The molecule has 0 saturated carbocycles. The van der Waals surface area contributed by atoms with Crippen LogP contribution in [0.25, 0.3) is 17.2 Å². The number of halogens is 3. The molecule has 2 aliphatic heterocycles. The molecule has 2 aromatic heterocycles. The molecule has 4 heterocycles. The largest absolute Gasteiger partial charge is 0.490 e. The average Bonchev–Trinajstić information content (AvgIpc) is 3.65. The predicted molar refractivity (Wildman–Crippen MR) is 147 cm³/mol. The zero-order valence-corrected chi connectivity index (χ0v) is 22.8. The molecule has 2 saturated heterocycles. The molecule has 222 valence electrons. The van der Waals surface area contributed by atoms with Gasteiger partial charge in [0.25, 0.3) is 5.56 Å². The Morgan fingerprint density at radius 3 is 2.56 bits per heavy atom. The minimum absolute atomic E-state index is 0.216. The standard InChI is InChI=1S/C25H32N6O3.C2HF3O2/c1-3-34-15-14-31-23(32)21-22(28(2)25(31)33)27-24(29-13-11-19-16-26-17-20(19)29)30(21)12-7-10-18-8-5-4-6-9-18;3-2(4,5)1(6)7/h4-10,19-20,26H,3,11-17H2,1-2H3;(H,6,7). The predicted octanol–water partition coefficient (Wildman–Crippen LogP) is 2.08. The van der Waals surface area contributed by atoms with Crippen LogP contribution in [0, 0.1) is 5.92 Å². The molecule has 2 aliphatic rings. The van der Waals surface area contributed by atoms with Crippen molar-refractivity contribution < 1.29 is 27.8 Å². The summed E-state index contributed by atoms with van der Waals surface area (Å²) in [5.74, 6) is -1.41. The van der Waals surface area contributed by atoms with Gasteiger partial charge in [-0.1, -0.05) is 42.5 Å². The van der Waals surface area contributed by atoms with Gasteiger partial charge >= 0.3 is 17.8 Å². The van der Waals surface area contributed by atoms with Gasteiger partial charge in [-0.15, -0.1) is 0 Å². The summed E-state index contributed by atoms with van der Waals surface area (Å²) in [6.07, 6.45) is 0.114. The lowest BCUT2D eigenvalue weighted by Gasteiger charge is -2.25. The van der Waals surface area contributed by atoms with Gasteiger partial charge in [-0.2, -0.15) is 18.2 Å². The van der Waals surface area contributed by atoms with Gasteiger partial charge < -0.3 is 24.6 Å². The number of fused-ring (bicyclic) bond motifs is 2. The van der Waals surface area contributed by atoms with E-state index in [2.05, 4.69) is 22.4 Å². The molecule has 0 bridgehead atoms. The van der Waals surface area contributed by atoms with E-state index < -0.39 is 12.1 Å². The third-order valence-corrected chi connectivity index (χ3v) is 7.22. The normalized spacial score (nSPS) is 18.6. The van der Waals surface area contributed by atoms with E-state index in [-0.39, 0.29) is 17.8 Å². The summed E-state index contributed by atoms with van der Waals surface area (Å²) in [5.41, 5.74) is 1.30. The van der Waals surface area contributed by atoms with Crippen molar-refractivity contribution in [1.82, 2.24) is 24.0 Å². The van der Waals surface area contributed by atoms with E-state index in [9.17, 15) is 22.8 Å². The molecule has 0 radical (unpaired) electrons. The topological polar surface area (TPSA) is 124 Å². The van der Waals surface area contributed by atoms with E-state index in [0.29, 0.717) is 42.9 Å². The number of nitrogens with zero attached hydrogens (tertiary/aromatic N) is 5. The zero-order chi connectivity index (χ0) is 29.7. The lowest BCUT2D eigenvalue weighted by atomic mass is 10.1. The first kappa shape index (κ1) is 30.1. The number of ether oxygens (including phenoxy) is 1. The molecule has 0 spiro atoms. The minimum Gasteiger partial charge on any atom is -0.475 e. The second-order valence-electron chi connectivity index (χ2n) is 9.77. The van der Waals surface area contributed by atoms with Crippen LogP contribution in [-0.4, -0.2) is 74.8 Å². The van der Waals surface area contributed by atoms with Crippen molar-refractivity contribution in [1.29, 1.82) is 0 Å². The number of nitrogens with one attached hydrogen (secondary N) is 1. The van der Waals surface area contributed by atoms with Crippen molar-refractivity contribution in [3.05, 3.63) is 62.8 Å². The molecule has 14 heteroatoms. The van der Waals surface area contributed by atoms with Gasteiger partial charge in [-0.05, 0) is 24.8 Å². The van der Waals surface area contributed by atoms with Gasteiger partial charge in [0.15, 0.2) is 11.2 Å². The maximum absolute atomic E-state index is 13.6. The van der Waals surface area contributed by atoms with E-state index in [0.717, 1.165) is 37.6 Å². The van der Waals surface area contributed by atoms with Crippen LogP contribution in [0.2, 0.25) is 0 Å². The number of aliphatic carboxylic acids is 1. The Morgan fingerprint density at radius 2 is 1.90 bits per heavy atom. The fourth-order valence-electron chi connectivity index (χ4n) is 5.21. The fraction of sp³-hybridized carbons (Fsp3) is 0.481. The van der Waals surface area contributed by atoms with Gasteiger partial charge in [-0.3, -0.25) is 13.9 Å². The number of alkyl halides is 3. The number of carbonyl (C=O) groups is 1. The molecule has 2 unspecified atom stereocenters. The molecule has 2 atom stereocenters. The van der Waals surface area contributed by atoms with Gasteiger partial charge in [0.1, 0.15) is 0 Å². The fourth-order valence-corrected chi connectivity index (χ4v) is 5.21. The minimum atomic E-state index is -5.08. The first-order valence-corrected chi connectivity index (χ1v) is 13.3. The Kier molecular flexibility index (Phi) is 9.33. The summed E-state index contributed by atoms with van der Waals surface area (Å²) in [6.45, 7) is 6.27. The van der Waals surface area contributed by atoms with E-state index in [4.69, 9.17) is 19.6 Å². The van der Waals surface area contributed by atoms with E-state index >= 15 is 0 Å². The number of carboxylic acids is 1. The number of allylic oxidation sites excluding steroid dienone is 1. The smallest absolute Gasteiger partial charge is 0.475 e. The average molecular weight is 579 g/mol. The summed E-state index contributed by atoms with van der Waals surface area (Å²) in [6, 6.07) is 10.4. The molecule has 1 aromatic carbocycles. The van der Waals surface area contributed by atoms with Crippen LogP contribution in [0.1, 0.15) is 18.9 Å². The summed E-state index contributed by atoms with van der Waals surface area (Å²) >= 11 is 0. The van der Waals surface area contributed by atoms with Crippen LogP contribution in [0.4, 0.5) is 19.1 Å². The van der Waals surface area contributed by atoms with E-state index in [1.54, 1.807) is 7.05 Å². The summed E-state index contributed by atoms with van der Waals surface area (Å²) in [4.78, 5) is 42.7. The molecule has 41 heavy (non-hydrogen) atoms. The molecular formula is C27H33F3N6O5. The van der Waals surface area contributed by atoms with Crippen molar-refractivity contribution in [2.45, 2.75) is 38.7 Å². The monoisotopic (exact) mass is 578 g/mol. The molecule has 11 nitrogen and oxygen atoms in total. The van der Waals surface area contributed by atoms with Gasteiger partial charge in [0, 0.05) is 45.9 Å². The number of aromatic nitrogens is 4. The van der Waals surface area contributed by atoms with Crippen LogP contribution in [0.3, 0.4) is 0 Å². The molecule has 0 amide bonds. The quantitative estimate of drug-likeness (QED) is 0.390. The lowest BCUT2D eigenvalue weighted by molar-refractivity contribution is -0.192. The Bertz CT molecular complexity index is 1510. The van der Waals surface area contributed by atoms with Crippen molar-refractivity contribution >= 4 is 29.2 Å². The molecule has 5 rings (SSSR count). The number of anilines is 1. The Morgan fingerprint density at radius 1 is 1.20 bits per heavy atom. The SMILES string of the molecule is CCOCCn1c(=O)c2c(nc(N3CCC4CNCC43)n2CC=Cc2ccccc2)n(C)c1=O.O=C(O)C(F)(F)F. The number of benzene rings is 1. The highest BCUT2D eigenvalue weighted by Crippen LogP contribution is 2.32. The highest BCUT2D eigenvalue weighted by Gasteiger charge is 2.40. The highest BCUT2D eigenvalue weighted by atomic mass is 19.4. The van der Waals surface area contributed by atoms with Gasteiger partial charge in [-0.25, -0.2) is 9.59 Å². The first-order chi connectivity index (χ1) is 19.5. The number of hydrogen-bond donors (Lipinski definition) is 2. The number of imidazole rings is 1. The molecule has 0 aliphatic carbocycles. The van der Waals surface area contributed by atoms with Crippen LogP contribution in [-0.2, 0) is 29.7 Å². The van der Waals surface area contributed by atoms with Crippen molar-refractivity contribution in [3.63, 3.8) is 0 Å². The van der Waals surface area contributed by atoms with Gasteiger partial charge in [0.05, 0.1) is 13.2 Å². The Labute approximate surface area is 233 Å². The molecule has 2 fully saturated rings. The number of hydrogen-bond acceptors (Lipinski definition) is 7. The van der Waals surface area contributed by atoms with Crippen molar-refractivity contribution in [3.8, 4) is 0 Å². The first-order valence-electron chi connectivity index (χ1n) is 13.3. The van der Waals surface area contributed by atoms with Crippen molar-refractivity contribution in [2.24, 2.45) is 13.0 Å². The molecular weight excluding hydrogens is 545 g/mol. The lowest BCUT2D eigenvalue weighted by Crippen LogP contribution is -2.40. The maximum atomic E-state index is 13.6. The summed E-state index contributed by atoms with van der Waals surface area (Å²) in [5, 5.41) is 10.6. The van der Waals surface area contributed by atoms with Crippen LogP contribution < -0.4 is 21.5 Å². The number of carboxylic acid groups (broad SMARTS) is 1. The highest BCUT2D eigenvalue weighted by molar-refractivity contribution is 5.75. The maximum Gasteiger partial charge on any atom is 0.490 e. The number of rotatable bonds is 8. The number of aryl methyl sites for hydroxylation is 1. The van der Waals surface area contributed by atoms with Crippen LogP contribution in [0.5, 0.6) is 0 Å². The second-order valence-corrected chi connectivity index (χ2v) is 9.77. The molecule has 2 N–H and O–H groups in total. The zero-order valence-electron chi connectivity index (χ0n) is 22.8. The van der Waals surface area contributed by atoms with Crippen LogP contribution in [0.15, 0.2) is 46.0 Å². The van der Waals surface area contributed by atoms with Crippen LogP contribution >= 0.6 is 0 Å². The molecule has 3 aromatic rings. The third kappa shape index (κ3) is 6.54. The summed E-state index contributed by atoms with van der Waals surface area (Å²) in [7, 11) is 1.69. The van der Waals surface area contributed by atoms with E-state index in [1.165, 1.54) is 9.13 Å². The third-order valence-electron chi connectivity index (χ3n) is 7.22. The van der Waals surface area contributed by atoms with E-state index in [1.807, 2.05) is 41.8 Å².